The smallest absolute Gasteiger partial charge is 0.109 e. The van der Waals surface area contributed by atoms with Crippen molar-refractivity contribution in [1.82, 2.24) is 9.97 Å². The maximum absolute atomic E-state index is 5.12. The van der Waals surface area contributed by atoms with Crippen LogP contribution in [0.4, 0.5) is 0 Å². The highest BCUT2D eigenvalue weighted by Gasteiger charge is 2.17. The molecule has 2 heterocycles. The van der Waals surface area contributed by atoms with Gasteiger partial charge in [0.25, 0.3) is 0 Å². The van der Waals surface area contributed by atoms with E-state index in [2.05, 4.69) is 121 Å². The number of aromatic nitrogens is 2. The molecule has 0 aliphatic heterocycles. The Morgan fingerprint density at radius 3 is 1.19 bits per heavy atom. The zero-order valence-electron chi connectivity index (χ0n) is 19.3. The van der Waals surface area contributed by atoms with E-state index in [0.717, 1.165) is 21.1 Å². The van der Waals surface area contributed by atoms with Crippen LogP contribution >= 0.6 is 23.5 Å². The summed E-state index contributed by atoms with van der Waals surface area (Å²) in [5.74, 6) is 0. The van der Waals surface area contributed by atoms with Gasteiger partial charge in [-0.2, -0.15) is 0 Å². The Balaban J connectivity index is 1.61. The second-order valence-corrected chi connectivity index (χ2v) is 10.7. The van der Waals surface area contributed by atoms with Gasteiger partial charge in [0.1, 0.15) is 10.1 Å². The average Bonchev–Trinajstić information content (AvgIpc) is 2.94. The monoisotopic (exact) mass is 496 g/mol. The third-order valence-corrected chi connectivity index (χ3v) is 8.40. The van der Waals surface area contributed by atoms with Gasteiger partial charge in [-0.3, -0.25) is 0 Å². The maximum Gasteiger partial charge on any atom is 0.109 e. The van der Waals surface area contributed by atoms with Gasteiger partial charge >= 0.3 is 0 Å². The molecule has 2 aromatic heterocycles. The molecule has 7 aromatic rings. The van der Waals surface area contributed by atoms with Gasteiger partial charge in [0, 0.05) is 42.1 Å². The van der Waals surface area contributed by atoms with Gasteiger partial charge in [0.15, 0.2) is 0 Å². The van der Waals surface area contributed by atoms with Crippen LogP contribution in [-0.4, -0.2) is 9.97 Å². The van der Waals surface area contributed by atoms with E-state index < -0.39 is 0 Å². The van der Waals surface area contributed by atoms with Crippen molar-refractivity contribution in [3.63, 3.8) is 0 Å². The number of fused-ring (bicyclic) bond motifs is 7. The highest BCUT2D eigenvalue weighted by atomic mass is 32.2. The van der Waals surface area contributed by atoms with Crippen LogP contribution in [0.15, 0.2) is 141 Å². The second kappa shape index (κ2) is 8.98. The molecule has 0 atom stereocenters. The van der Waals surface area contributed by atoms with Crippen molar-refractivity contribution < 1.29 is 0 Å². The van der Waals surface area contributed by atoms with Crippen LogP contribution in [-0.2, 0) is 0 Å². The molecule has 0 N–H and O–H groups in total. The number of pyridine rings is 2. The van der Waals surface area contributed by atoms with E-state index in [-0.39, 0.29) is 0 Å². The van der Waals surface area contributed by atoms with Gasteiger partial charge in [0.2, 0.25) is 0 Å². The molecule has 5 aromatic carbocycles. The van der Waals surface area contributed by atoms with Crippen molar-refractivity contribution in [1.29, 1.82) is 0 Å². The summed E-state index contributed by atoms with van der Waals surface area (Å²) in [7, 11) is 0. The number of rotatable bonds is 4. The lowest BCUT2D eigenvalue weighted by Crippen LogP contribution is -1.93. The van der Waals surface area contributed by atoms with Crippen LogP contribution in [0.2, 0.25) is 0 Å². The van der Waals surface area contributed by atoms with Gasteiger partial charge < -0.3 is 0 Å². The number of nitrogens with zero attached hydrogens (tertiary/aromatic N) is 2. The van der Waals surface area contributed by atoms with Crippen LogP contribution in [0, 0.1) is 0 Å². The van der Waals surface area contributed by atoms with E-state index in [1.165, 1.54) is 42.1 Å². The molecule has 0 bridgehead atoms. The van der Waals surface area contributed by atoms with E-state index in [4.69, 9.17) is 9.97 Å². The molecule has 0 spiro atoms. The molecule has 0 saturated heterocycles. The van der Waals surface area contributed by atoms with E-state index in [1.54, 1.807) is 23.5 Å². The molecular formula is C32H20N2S2. The van der Waals surface area contributed by atoms with Crippen LogP contribution in [0.5, 0.6) is 0 Å². The summed E-state index contributed by atoms with van der Waals surface area (Å²) in [5.41, 5.74) is 2.02. The van der Waals surface area contributed by atoms with Crippen molar-refractivity contribution in [3.8, 4) is 0 Å². The molecule has 0 unspecified atom stereocenters. The number of benzene rings is 5. The van der Waals surface area contributed by atoms with Gasteiger partial charge in [-0.05, 0) is 36.4 Å². The van der Waals surface area contributed by atoms with E-state index >= 15 is 0 Å². The zero-order valence-corrected chi connectivity index (χ0v) is 20.9. The summed E-state index contributed by atoms with van der Waals surface area (Å²) in [6.45, 7) is 0. The number of hydrogen-bond acceptors (Lipinski definition) is 4. The maximum atomic E-state index is 5.12. The van der Waals surface area contributed by atoms with Crippen molar-refractivity contribution in [3.05, 3.63) is 121 Å². The lowest BCUT2D eigenvalue weighted by Gasteiger charge is -2.15. The minimum absolute atomic E-state index is 1.01. The Morgan fingerprint density at radius 1 is 0.361 bits per heavy atom. The molecule has 2 nitrogen and oxygen atoms in total. The van der Waals surface area contributed by atoms with Crippen molar-refractivity contribution in [2.45, 2.75) is 19.8 Å². The number of hydrogen-bond donors (Lipinski definition) is 0. The van der Waals surface area contributed by atoms with Gasteiger partial charge in [0.05, 0.1) is 11.0 Å². The van der Waals surface area contributed by atoms with Crippen molar-refractivity contribution in [2.75, 3.05) is 0 Å². The molecule has 4 heteroatoms. The Hall–Kier alpha value is -3.86. The Morgan fingerprint density at radius 2 is 0.750 bits per heavy atom. The third-order valence-electron chi connectivity index (χ3n) is 6.37. The van der Waals surface area contributed by atoms with Crippen LogP contribution in [0.25, 0.3) is 43.4 Å². The molecule has 0 radical (unpaired) electrons. The fourth-order valence-corrected chi connectivity index (χ4v) is 6.66. The molecule has 0 aliphatic carbocycles. The van der Waals surface area contributed by atoms with E-state index in [9.17, 15) is 0 Å². The minimum Gasteiger partial charge on any atom is -0.240 e. The molecule has 0 saturated carbocycles. The molecular weight excluding hydrogens is 477 g/mol. The summed E-state index contributed by atoms with van der Waals surface area (Å²) in [6, 6.07) is 42.4. The van der Waals surface area contributed by atoms with Crippen LogP contribution in [0.1, 0.15) is 0 Å². The first-order valence-corrected chi connectivity index (χ1v) is 13.5. The normalized spacial score (nSPS) is 11.6. The van der Waals surface area contributed by atoms with E-state index in [1.807, 2.05) is 0 Å². The molecule has 36 heavy (non-hydrogen) atoms. The molecule has 0 fully saturated rings. The van der Waals surface area contributed by atoms with Crippen LogP contribution < -0.4 is 0 Å². The highest BCUT2D eigenvalue weighted by molar-refractivity contribution is 7.99. The van der Waals surface area contributed by atoms with Gasteiger partial charge in [-0.25, -0.2) is 9.97 Å². The summed E-state index contributed by atoms with van der Waals surface area (Å²) >= 11 is 3.44. The van der Waals surface area contributed by atoms with Crippen molar-refractivity contribution in [2.24, 2.45) is 0 Å². The number of para-hydroxylation sites is 2. The highest BCUT2D eigenvalue weighted by Crippen LogP contribution is 2.43. The first kappa shape index (κ1) is 21.4. The summed E-state index contributed by atoms with van der Waals surface area (Å²) in [5, 5.41) is 9.20. The summed E-state index contributed by atoms with van der Waals surface area (Å²) in [6.07, 6.45) is 0. The standard InChI is InChI=1S/C32H20N2S2/c1-3-11-21(12-4-1)35-31-25-19-20-26-30(29(25)23-15-7-9-17-27(23)33-31)24-16-8-10-18-28(24)34-32(26)36-22-13-5-2-6-14-22/h1-20H. The SMILES string of the molecule is c1ccc(Sc2nc3ccccc3c3c2ccc2c(Sc4ccccc4)nc4ccccc4c23)cc1. The molecule has 170 valence electrons. The fourth-order valence-electron chi connectivity index (χ4n) is 4.78. The zero-order chi connectivity index (χ0) is 23.9. The first-order valence-electron chi connectivity index (χ1n) is 11.8. The summed E-state index contributed by atoms with van der Waals surface area (Å²) < 4.78 is 0. The third kappa shape index (κ3) is 3.70. The topological polar surface area (TPSA) is 25.8 Å². The van der Waals surface area contributed by atoms with Gasteiger partial charge in [-0.1, -0.05) is 108 Å². The Kier molecular flexibility index (Phi) is 5.34. The lowest BCUT2D eigenvalue weighted by atomic mass is 9.97. The lowest BCUT2D eigenvalue weighted by molar-refractivity contribution is 1.22. The predicted octanol–water partition coefficient (Wildman–Crippen LogP) is 9.39. The van der Waals surface area contributed by atoms with Gasteiger partial charge in [-0.15, -0.1) is 0 Å². The average molecular weight is 497 g/mol. The predicted molar refractivity (Wildman–Crippen MR) is 153 cm³/mol. The minimum atomic E-state index is 1.01. The first-order chi connectivity index (χ1) is 17.8. The fraction of sp³-hybridized carbons (Fsp3) is 0. The molecule has 7 rings (SSSR count). The quantitative estimate of drug-likeness (QED) is 0.227. The molecule has 0 amide bonds. The van der Waals surface area contributed by atoms with Crippen molar-refractivity contribution >= 4 is 66.9 Å². The Labute approximate surface area is 217 Å². The Bertz CT molecular complexity index is 1740. The molecule has 0 aliphatic rings. The summed E-state index contributed by atoms with van der Waals surface area (Å²) in [4.78, 5) is 12.6. The second-order valence-electron chi connectivity index (χ2n) is 8.61. The van der Waals surface area contributed by atoms with E-state index in [0.29, 0.717) is 0 Å². The largest absolute Gasteiger partial charge is 0.240 e. The van der Waals surface area contributed by atoms with Crippen LogP contribution in [0.3, 0.4) is 0 Å².